The van der Waals surface area contributed by atoms with Crippen molar-refractivity contribution in [2.24, 2.45) is 0 Å². The maximum absolute atomic E-state index is 13.4. The molecule has 0 aliphatic rings. The first-order chi connectivity index (χ1) is 7.58. The number of halogens is 4. The lowest BCUT2D eigenvalue weighted by molar-refractivity contribution is 0.583. The first-order valence-corrected chi connectivity index (χ1v) is 5.02. The predicted molar refractivity (Wildman–Crippen MR) is 58.4 cm³/mol. The van der Waals surface area contributed by atoms with Gasteiger partial charge in [0.25, 0.3) is 0 Å². The molecule has 5 heteroatoms. The Balaban J connectivity index is 2.62. The molecular weight excluding hydrogens is 255 g/mol. The van der Waals surface area contributed by atoms with E-state index in [4.69, 9.17) is 23.2 Å². The van der Waals surface area contributed by atoms with Gasteiger partial charge in [0, 0.05) is 22.2 Å². The number of aromatic nitrogens is 1. The summed E-state index contributed by atoms with van der Waals surface area (Å²) in [5, 5.41) is 0.276. The van der Waals surface area contributed by atoms with Gasteiger partial charge in [-0.25, -0.2) is 9.37 Å². The molecular formula is C11H4Cl2F2N. The molecule has 16 heavy (non-hydrogen) atoms. The summed E-state index contributed by atoms with van der Waals surface area (Å²) in [6.45, 7) is 0. The second-order valence-electron chi connectivity index (χ2n) is 3.02. The summed E-state index contributed by atoms with van der Waals surface area (Å²) in [6.07, 6.45) is 0. The largest absolute Gasteiger partial charge is 0.222 e. The van der Waals surface area contributed by atoms with Crippen LogP contribution in [-0.4, -0.2) is 4.98 Å². The second kappa shape index (κ2) is 4.36. The van der Waals surface area contributed by atoms with Crippen molar-refractivity contribution < 1.29 is 8.78 Å². The molecule has 1 nitrogen and oxygen atoms in total. The minimum Gasteiger partial charge on any atom is -0.207 e. The Kier molecular flexibility index (Phi) is 3.08. The molecule has 0 amide bonds. The van der Waals surface area contributed by atoms with Crippen LogP contribution in [-0.2, 0) is 0 Å². The smallest absolute Gasteiger partial charge is 0.207 e. The molecule has 0 atom stereocenters. The van der Waals surface area contributed by atoms with Crippen molar-refractivity contribution in [3.05, 3.63) is 52.3 Å². The fourth-order valence-corrected chi connectivity index (χ4v) is 1.56. The summed E-state index contributed by atoms with van der Waals surface area (Å²) in [7, 11) is 0. The zero-order valence-corrected chi connectivity index (χ0v) is 9.28. The summed E-state index contributed by atoms with van der Waals surface area (Å²) in [5.41, 5.74) is 0.00909. The molecule has 0 unspecified atom stereocenters. The van der Waals surface area contributed by atoms with Crippen LogP contribution in [0.4, 0.5) is 8.78 Å². The lowest BCUT2D eigenvalue weighted by Crippen LogP contribution is -1.92. The third kappa shape index (κ3) is 2.15. The van der Waals surface area contributed by atoms with E-state index in [0.29, 0.717) is 0 Å². The second-order valence-corrected chi connectivity index (χ2v) is 3.84. The van der Waals surface area contributed by atoms with Gasteiger partial charge in [0.15, 0.2) is 0 Å². The highest BCUT2D eigenvalue weighted by Gasteiger charge is 2.12. The third-order valence-electron chi connectivity index (χ3n) is 1.96. The Morgan fingerprint density at radius 2 is 1.88 bits per heavy atom. The summed E-state index contributed by atoms with van der Waals surface area (Å²) in [5.74, 6) is -1.53. The first kappa shape index (κ1) is 11.3. The average molecular weight is 259 g/mol. The highest BCUT2D eigenvalue weighted by molar-refractivity contribution is 6.31. The summed E-state index contributed by atoms with van der Waals surface area (Å²) in [6, 6.07) is 7.57. The molecule has 0 aliphatic heterocycles. The predicted octanol–water partition coefficient (Wildman–Crippen LogP) is 4.13. The molecule has 2 aromatic rings. The molecule has 81 valence electrons. The lowest BCUT2D eigenvalue weighted by atomic mass is 10.1. The van der Waals surface area contributed by atoms with Crippen LogP contribution in [0, 0.1) is 17.8 Å². The van der Waals surface area contributed by atoms with Gasteiger partial charge in [0.1, 0.15) is 11.0 Å². The Morgan fingerprint density at radius 1 is 1.12 bits per heavy atom. The number of pyridine rings is 1. The monoisotopic (exact) mass is 258 g/mol. The Morgan fingerprint density at radius 3 is 2.56 bits per heavy atom. The van der Waals surface area contributed by atoms with Crippen LogP contribution in [0.15, 0.2) is 24.3 Å². The molecule has 0 aliphatic carbocycles. The Labute approximate surface area is 101 Å². The van der Waals surface area contributed by atoms with E-state index in [-0.39, 0.29) is 21.3 Å². The zero-order valence-electron chi connectivity index (χ0n) is 7.77. The fraction of sp³-hybridized carbons (Fsp3) is 0. The lowest BCUT2D eigenvalue weighted by Gasteiger charge is -2.04. The summed E-state index contributed by atoms with van der Waals surface area (Å²) in [4.78, 5) is 3.40. The van der Waals surface area contributed by atoms with E-state index >= 15 is 0 Å². The molecule has 1 heterocycles. The minimum absolute atomic E-state index is 0.000602. The van der Waals surface area contributed by atoms with Crippen molar-refractivity contribution >= 4 is 23.2 Å². The van der Waals surface area contributed by atoms with Crippen LogP contribution >= 0.6 is 23.2 Å². The molecule has 0 spiro atoms. The first-order valence-electron chi connectivity index (χ1n) is 4.27. The molecule has 1 radical (unpaired) electrons. The highest BCUT2D eigenvalue weighted by atomic mass is 35.5. The van der Waals surface area contributed by atoms with Gasteiger partial charge in [-0.15, -0.1) is 0 Å². The number of benzene rings is 1. The summed E-state index contributed by atoms with van der Waals surface area (Å²) >= 11 is 11.2. The van der Waals surface area contributed by atoms with Crippen LogP contribution in [0.2, 0.25) is 10.2 Å². The molecule has 2 rings (SSSR count). The van der Waals surface area contributed by atoms with E-state index in [2.05, 4.69) is 11.1 Å². The van der Waals surface area contributed by atoms with Crippen molar-refractivity contribution in [1.29, 1.82) is 0 Å². The van der Waals surface area contributed by atoms with E-state index in [1.807, 2.05) is 0 Å². The summed E-state index contributed by atoms with van der Waals surface area (Å²) < 4.78 is 26.8. The van der Waals surface area contributed by atoms with Crippen LogP contribution in [0.3, 0.4) is 0 Å². The molecule has 0 N–H and O–H groups in total. The maximum Gasteiger partial charge on any atom is 0.222 e. The third-order valence-corrected chi connectivity index (χ3v) is 2.39. The Bertz CT molecular complexity index is 544. The molecule has 0 saturated carbocycles. The molecule has 0 saturated heterocycles. The van der Waals surface area contributed by atoms with Crippen molar-refractivity contribution in [3.8, 4) is 11.1 Å². The highest BCUT2D eigenvalue weighted by Crippen LogP contribution is 2.27. The van der Waals surface area contributed by atoms with Crippen LogP contribution < -0.4 is 0 Å². The van der Waals surface area contributed by atoms with Gasteiger partial charge in [0.2, 0.25) is 5.95 Å². The zero-order chi connectivity index (χ0) is 11.7. The van der Waals surface area contributed by atoms with Gasteiger partial charge in [-0.1, -0.05) is 23.2 Å². The van der Waals surface area contributed by atoms with Crippen molar-refractivity contribution in [3.63, 3.8) is 0 Å². The topological polar surface area (TPSA) is 12.9 Å². The Hall–Kier alpha value is -1.19. The maximum atomic E-state index is 13.4. The number of hydrogen-bond donors (Lipinski definition) is 0. The number of nitrogens with zero attached hydrogens (tertiary/aromatic N) is 1. The van der Waals surface area contributed by atoms with Crippen molar-refractivity contribution in [1.82, 2.24) is 4.98 Å². The van der Waals surface area contributed by atoms with E-state index in [1.165, 1.54) is 24.3 Å². The van der Waals surface area contributed by atoms with Crippen LogP contribution in [0.25, 0.3) is 11.1 Å². The normalized spacial score (nSPS) is 10.5. The van der Waals surface area contributed by atoms with E-state index in [0.717, 1.165) is 0 Å². The van der Waals surface area contributed by atoms with Gasteiger partial charge in [-0.2, -0.15) is 4.39 Å². The van der Waals surface area contributed by atoms with Gasteiger partial charge in [-0.05, 0) is 24.3 Å². The average Bonchev–Trinajstić information content (AvgIpc) is 2.22. The van der Waals surface area contributed by atoms with Crippen LogP contribution in [0.1, 0.15) is 0 Å². The van der Waals surface area contributed by atoms with E-state index < -0.39 is 11.8 Å². The number of rotatable bonds is 1. The van der Waals surface area contributed by atoms with Crippen molar-refractivity contribution in [2.45, 2.75) is 0 Å². The van der Waals surface area contributed by atoms with Gasteiger partial charge < -0.3 is 0 Å². The SMILES string of the molecule is Fc1[c]cc(Cl)cc1-c1ccc(Cl)nc1F. The van der Waals surface area contributed by atoms with Crippen molar-refractivity contribution in [2.75, 3.05) is 0 Å². The molecule has 1 aromatic carbocycles. The van der Waals surface area contributed by atoms with Gasteiger partial charge >= 0.3 is 0 Å². The molecule has 0 bridgehead atoms. The quantitative estimate of drug-likeness (QED) is 0.701. The molecule has 1 aromatic heterocycles. The molecule has 0 fully saturated rings. The van der Waals surface area contributed by atoms with E-state index in [9.17, 15) is 8.78 Å². The van der Waals surface area contributed by atoms with Gasteiger partial charge in [-0.3, -0.25) is 0 Å². The van der Waals surface area contributed by atoms with Crippen LogP contribution in [0.5, 0.6) is 0 Å². The van der Waals surface area contributed by atoms with Gasteiger partial charge in [0.05, 0.1) is 0 Å². The minimum atomic E-state index is -0.845. The van der Waals surface area contributed by atoms with E-state index in [1.54, 1.807) is 0 Å². The number of hydrogen-bond acceptors (Lipinski definition) is 1. The standard InChI is InChI=1S/C11H4Cl2F2N/c12-6-1-3-9(14)8(5-6)7-2-4-10(13)16-11(7)15/h1-2,4-5H. The fourth-order valence-electron chi connectivity index (χ4n) is 1.26.